The molecule has 0 spiro atoms. The number of carbonyl (C=O) groups excluding carboxylic acids is 1. The van der Waals surface area contributed by atoms with E-state index in [1.807, 2.05) is 40.1 Å². The van der Waals surface area contributed by atoms with Crippen LogP contribution >= 0.6 is 0 Å². The molecule has 2 aromatic rings. The maximum absolute atomic E-state index is 12.7. The number of nitrogens with zero attached hydrogens (tertiary/aromatic N) is 5. The lowest BCUT2D eigenvalue weighted by Crippen LogP contribution is -2.49. The van der Waals surface area contributed by atoms with Crippen molar-refractivity contribution in [3.63, 3.8) is 0 Å². The Morgan fingerprint density at radius 1 is 1.22 bits per heavy atom. The lowest BCUT2D eigenvalue weighted by atomic mass is 9.97. The van der Waals surface area contributed by atoms with Gasteiger partial charge >= 0.3 is 5.69 Å². The molecule has 1 aromatic carbocycles. The third-order valence-electron chi connectivity index (χ3n) is 5.12. The van der Waals surface area contributed by atoms with Gasteiger partial charge < -0.3 is 9.80 Å². The van der Waals surface area contributed by atoms with E-state index in [1.54, 1.807) is 18.7 Å². The van der Waals surface area contributed by atoms with E-state index in [2.05, 4.69) is 12.0 Å². The molecule has 144 valence electrons. The van der Waals surface area contributed by atoms with Crippen molar-refractivity contribution >= 4 is 17.4 Å². The highest BCUT2D eigenvalue weighted by Crippen LogP contribution is 2.31. The summed E-state index contributed by atoms with van der Waals surface area (Å²) in [7, 11) is 1.72. The van der Waals surface area contributed by atoms with Gasteiger partial charge in [0.2, 0.25) is 11.7 Å². The molecule has 0 N–H and O–H groups in total. The lowest BCUT2D eigenvalue weighted by Gasteiger charge is -2.35. The molecule has 0 saturated carbocycles. The van der Waals surface area contributed by atoms with Crippen LogP contribution in [0.1, 0.15) is 30.5 Å². The molecular weight excluding hydrogens is 346 g/mol. The van der Waals surface area contributed by atoms with Crippen LogP contribution in [-0.4, -0.2) is 51.7 Å². The second-order valence-corrected chi connectivity index (χ2v) is 7.02. The summed E-state index contributed by atoms with van der Waals surface area (Å²) in [4.78, 5) is 27.5. The van der Waals surface area contributed by atoms with Crippen molar-refractivity contribution in [1.82, 2.24) is 14.7 Å². The molecule has 0 unspecified atom stereocenters. The van der Waals surface area contributed by atoms with Gasteiger partial charge in [-0.25, -0.2) is 4.68 Å². The van der Waals surface area contributed by atoms with Crippen LogP contribution in [-0.2, 0) is 11.8 Å². The topological polar surface area (TPSA) is 84.5 Å². The first kappa shape index (κ1) is 18.9. The summed E-state index contributed by atoms with van der Waals surface area (Å²) in [6.07, 6.45) is 0.467. The summed E-state index contributed by atoms with van der Waals surface area (Å²) in [5.41, 5.74) is 1.62. The number of carbonyl (C=O) groups is 1. The Bertz CT molecular complexity index is 825. The average molecular weight is 371 g/mol. The molecule has 2 heterocycles. The number of benzene rings is 1. The SMILES string of the molecule is Cc1nn(C)c(N2CCN(C(=O)C[C@@H](C)c3ccccc3)CC2)c1[N+](=O)[O-]. The number of nitro groups is 1. The van der Waals surface area contributed by atoms with Crippen molar-refractivity contribution in [3.8, 4) is 0 Å². The van der Waals surface area contributed by atoms with E-state index >= 15 is 0 Å². The molecule has 1 atom stereocenters. The zero-order valence-electron chi connectivity index (χ0n) is 16.0. The van der Waals surface area contributed by atoms with E-state index in [9.17, 15) is 14.9 Å². The van der Waals surface area contributed by atoms with Gasteiger partial charge in [0.15, 0.2) is 0 Å². The van der Waals surface area contributed by atoms with Crippen molar-refractivity contribution in [3.05, 3.63) is 51.7 Å². The van der Waals surface area contributed by atoms with Crippen molar-refractivity contribution < 1.29 is 9.72 Å². The quantitative estimate of drug-likeness (QED) is 0.595. The van der Waals surface area contributed by atoms with E-state index in [1.165, 1.54) is 0 Å². The standard InChI is InChI=1S/C19H25N5O3/c1-14(16-7-5-4-6-8-16)13-17(25)22-9-11-23(12-10-22)19-18(24(26)27)15(2)20-21(19)3/h4-8,14H,9-13H2,1-3H3/t14-/m1/s1. The molecule has 8 nitrogen and oxygen atoms in total. The Morgan fingerprint density at radius 3 is 2.44 bits per heavy atom. The highest BCUT2D eigenvalue weighted by molar-refractivity contribution is 5.77. The van der Waals surface area contributed by atoms with Gasteiger partial charge in [-0.3, -0.25) is 14.9 Å². The van der Waals surface area contributed by atoms with Gasteiger partial charge in [0.25, 0.3) is 0 Å². The summed E-state index contributed by atoms with van der Waals surface area (Å²) in [5.74, 6) is 0.807. The molecular formula is C19H25N5O3. The molecule has 1 aliphatic heterocycles. The minimum atomic E-state index is -0.378. The van der Waals surface area contributed by atoms with Gasteiger partial charge in [-0.1, -0.05) is 37.3 Å². The number of hydrogen-bond donors (Lipinski definition) is 0. The van der Waals surface area contributed by atoms with Crippen LogP contribution in [0.2, 0.25) is 0 Å². The molecule has 1 fully saturated rings. The molecule has 8 heteroatoms. The fourth-order valence-electron chi connectivity index (χ4n) is 3.66. The first-order chi connectivity index (χ1) is 12.9. The molecule has 3 rings (SSSR count). The molecule has 0 aliphatic carbocycles. The minimum Gasteiger partial charge on any atom is -0.348 e. The van der Waals surface area contributed by atoms with Gasteiger partial charge in [-0.15, -0.1) is 0 Å². The average Bonchev–Trinajstić information content (AvgIpc) is 2.96. The van der Waals surface area contributed by atoms with Crippen molar-refractivity contribution in [2.75, 3.05) is 31.1 Å². The van der Waals surface area contributed by atoms with E-state index in [-0.39, 0.29) is 22.4 Å². The number of anilines is 1. The predicted molar refractivity (Wildman–Crippen MR) is 103 cm³/mol. The number of amides is 1. The summed E-state index contributed by atoms with van der Waals surface area (Å²) in [6, 6.07) is 10.0. The molecule has 1 saturated heterocycles. The normalized spacial score (nSPS) is 15.7. The second kappa shape index (κ2) is 7.77. The van der Waals surface area contributed by atoms with Gasteiger partial charge in [0.05, 0.1) is 4.92 Å². The predicted octanol–water partition coefficient (Wildman–Crippen LogP) is 2.48. The molecule has 1 aromatic heterocycles. The van der Waals surface area contributed by atoms with Gasteiger partial charge in [-0.2, -0.15) is 5.10 Å². The van der Waals surface area contributed by atoms with Crippen LogP contribution in [0.25, 0.3) is 0 Å². The summed E-state index contributed by atoms with van der Waals surface area (Å²) < 4.78 is 1.56. The first-order valence-electron chi connectivity index (χ1n) is 9.14. The maximum atomic E-state index is 12.7. The second-order valence-electron chi connectivity index (χ2n) is 7.02. The molecule has 0 radical (unpaired) electrons. The fraction of sp³-hybridized carbons (Fsp3) is 0.474. The Morgan fingerprint density at radius 2 is 1.85 bits per heavy atom. The van der Waals surface area contributed by atoms with Crippen molar-refractivity contribution in [1.29, 1.82) is 0 Å². The number of rotatable bonds is 5. The van der Waals surface area contributed by atoms with Crippen LogP contribution < -0.4 is 4.90 Å². The third-order valence-corrected chi connectivity index (χ3v) is 5.12. The van der Waals surface area contributed by atoms with Crippen LogP contribution in [0.15, 0.2) is 30.3 Å². The number of piperazine rings is 1. The minimum absolute atomic E-state index is 0.0509. The summed E-state index contributed by atoms with van der Waals surface area (Å²) in [5, 5.41) is 15.6. The van der Waals surface area contributed by atoms with E-state index in [4.69, 9.17) is 0 Å². The smallest absolute Gasteiger partial charge is 0.333 e. The third kappa shape index (κ3) is 3.94. The highest BCUT2D eigenvalue weighted by atomic mass is 16.6. The Kier molecular flexibility index (Phi) is 5.43. The van der Waals surface area contributed by atoms with Crippen LogP contribution in [0.4, 0.5) is 11.5 Å². The Balaban J connectivity index is 1.62. The lowest BCUT2D eigenvalue weighted by molar-refractivity contribution is -0.384. The van der Waals surface area contributed by atoms with Crippen molar-refractivity contribution in [2.45, 2.75) is 26.2 Å². The van der Waals surface area contributed by atoms with Gasteiger partial charge in [0.1, 0.15) is 5.69 Å². The monoisotopic (exact) mass is 371 g/mol. The maximum Gasteiger partial charge on any atom is 0.333 e. The highest BCUT2D eigenvalue weighted by Gasteiger charge is 2.31. The van der Waals surface area contributed by atoms with Gasteiger partial charge in [0, 0.05) is 39.6 Å². The largest absolute Gasteiger partial charge is 0.348 e. The Labute approximate surface area is 158 Å². The fourth-order valence-corrected chi connectivity index (χ4v) is 3.66. The molecule has 1 amide bonds. The van der Waals surface area contributed by atoms with Crippen molar-refractivity contribution in [2.24, 2.45) is 7.05 Å². The van der Waals surface area contributed by atoms with E-state index < -0.39 is 0 Å². The van der Waals surface area contributed by atoms with Crippen LogP contribution in [0, 0.1) is 17.0 Å². The van der Waals surface area contributed by atoms with Crippen LogP contribution in [0.3, 0.4) is 0 Å². The zero-order valence-corrected chi connectivity index (χ0v) is 16.0. The Hall–Kier alpha value is -2.90. The summed E-state index contributed by atoms with van der Waals surface area (Å²) in [6.45, 7) is 5.94. The number of aromatic nitrogens is 2. The number of aryl methyl sites for hydroxylation is 2. The van der Waals surface area contributed by atoms with Gasteiger partial charge in [-0.05, 0) is 18.4 Å². The molecule has 27 heavy (non-hydrogen) atoms. The molecule has 1 aliphatic rings. The zero-order chi connectivity index (χ0) is 19.6. The molecule has 0 bridgehead atoms. The van der Waals surface area contributed by atoms with Crippen LogP contribution in [0.5, 0.6) is 0 Å². The van der Waals surface area contributed by atoms with E-state index in [0.29, 0.717) is 44.1 Å². The van der Waals surface area contributed by atoms with E-state index in [0.717, 1.165) is 5.56 Å². The summed E-state index contributed by atoms with van der Waals surface area (Å²) >= 11 is 0. The number of hydrogen-bond acceptors (Lipinski definition) is 5. The first-order valence-corrected chi connectivity index (χ1v) is 9.14.